The SMILES string of the molecule is CNC1CCN(C(=O)c2cc(Cl)ccc2Br)C1.Cl. The zero-order valence-corrected chi connectivity index (χ0v) is 13.1. The quantitative estimate of drug-likeness (QED) is 0.886. The highest BCUT2D eigenvalue weighted by Gasteiger charge is 2.26. The summed E-state index contributed by atoms with van der Waals surface area (Å²) in [6.07, 6.45) is 1.00. The third kappa shape index (κ3) is 3.38. The number of hydrogen-bond acceptors (Lipinski definition) is 2. The van der Waals surface area contributed by atoms with Crippen molar-refractivity contribution >= 4 is 45.8 Å². The van der Waals surface area contributed by atoms with Crippen LogP contribution in [0.2, 0.25) is 5.02 Å². The van der Waals surface area contributed by atoms with E-state index in [1.807, 2.05) is 11.9 Å². The Morgan fingerprint density at radius 2 is 2.28 bits per heavy atom. The third-order valence-corrected chi connectivity index (χ3v) is 3.97. The molecule has 100 valence electrons. The number of benzene rings is 1. The van der Waals surface area contributed by atoms with Gasteiger partial charge >= 0.3 is 0 Å². The van der Waals surface area contributed by atoms with Crippen molar-refractivity contribution in [1.29, 1.82) is 0 Å². The van der Waals surface area contributed by atoms with Crippen molar-refractivity contribution in [3.8, 4) is 0 Å². The second kappa shape index (κ2) is 6.75. The van der Waals surface area contributed by atoms with Crippen LogP contribution in [-0.4, -0.2) is 37.0 Å². The summed E-state index contributed by atoms with van der Waals surface area (Å²) < 4.78 is 0.791. The molecule has 1 aromatic rings. The van der Waals surface area contributed by atoms with E-state index in [1.54, 1.807) is 18.2 Å². The van der Waals surface area contributed by atoms with Crippen LogP contribution in [-0.2, 0) is 0 Å². The highest BCUT2D eigenvalue weighted by molar-refractivity contribution is 9.10. The zero-order chi connectivity index (χ0) is 12.4. The van der Waals surface area contributed by atoms with Gasteiger partial charge in [0.05, 0.1) is 5.56 Å². The molecule has 1 amide bonds. The Morgan fingerprint density at radius 3 is 2.89 bits per heavy atom. The van der Waals surface area contributed by atoms with E-state index < -0.39 is 0 Å². The van der Waals surface area contributed by atoms with Gasteiger partial charge in [0.15, 0.2) is 0 Å². The van der Waals surface area contributed by atoms with Gasteiger partial charge in [0.1, 0.15) is 0 Å². The van der Waals surface area contributed by atoms with Crippen LogP contribution in [0.5, 0.6) is 0 Å². The normalized spacial score (nSPS) is 18.6. The van der Waals surface area contributed by atoms with Crippen molar-refractivity contribution < 1.29 is 4.79 Å². The first-order valence-electron chi connectivity index (χ1n) is 5.53. The maximum Gasteiger partial charge on any atom is 0.255 e. The van der Waals surface area contributed by atoms with Crippen molar-refractivity contribution in [3.63, 3.8) is 0 Å². The lowest BCUT2D eigenvalue weighted by molar-refractivity contribution is 0.0789. The first-order valence-corrected chi connectivity index (χ1v) is 6.70. The Bertz CT molecular complexity index is 442. The molecule has 1 aliphatic rings. The molecule has 1 heterocycles. The molecule has 1 aromatic carbocycles. The molecule has 0 spiro atoms. The molecular formula is C12H15BrCl2N2O. The molecule has 18 heavy (non-hydrogen) atoms. The van der Waals surface area contributed by atoms with Gasteiger partial charge in [0.2, 0.25) is 0 Å². The number of carbonyl (C=O) groups is 1. The second-order valence-electron chi connectivity index (χ2n) is 4.15. The van der Waals surface area contributed by atoms with E-state index in [2.05, 4.69) is 21.2 Å². The largest absolute Gasteiger partial charge is 0.337 e. The number of nitrogens with zero attached hydrogens (tertiary/aromatic N) is 1. The Morgan fingerprint density at radius 1 is 1.56 bits per heavy atom. The van der Waals surface area contributed by atoms with Gasteiger partial charge < -0.3 is 10.2 Å². The number of likely N-dealkylation sites (N-methyl/N-ethyl adjacent to an activating group) is 1. The van der Waals surface area contributed by atoms with Gasteiger partial charge in [-0.15, -0.1) is 12.4 Å². The Balaban J connectivity index is 0.00000162. The van der Waals surface area contributed by atoms with Crippen LogP contribution in [0.1, 0.15) is 16.8 Å². The first-order chi connectivity index (χ1) is 8.11. The monoisotopic (exact) mass is 352 g/mol. The molecule has 1 aliphatic heterocycles. The molecule has 1 N–H and O–H groups in total. The lowest BCUT2D eigenvalue weighted by Crippen LogP contribution is -2.33. The second-order valence-corrected chi connectivity index (χ2v) is 5.44. The number of halogens is 3. The molecule has 1 unspecified atom stereocenters. The maximum atomic E-state index is 12.3. The van der Waals surface area contributed by atoms with Gasteiger partial charge in [-0.2, -0.15) is 0 Å². The standard InChI is InChI=1S/C12H14BrClN2O.ClH/c1-15-9-4-5-16(7-9)12(17)10-6-8(14)2-3-11(10)13;/h2-3,6,9,15H,4-5,7H2,1H3;1H. The fourth-order valence-electron chi connectivity index (χ4n) is 2.01. The van der Waals surface area contributed by atoms with E-state index in [0.29, 0.717) is 16.6 Å². The average molecular weight is 354 g/mol. The van der Waals surface area contributed by atoms with Gasteiger partial charge in [-0.1, -0.05) is 11.6 Å². The molecule has 0 radical (unpaired) electrons. The molecule has 0 aromatic heterocycles. The number of nitrogens with one attached hydrogen (secondary N) is 1. The first kappa shape index (κ1) is 15.8. The van der Waals surface area contributed by atoms with E-state index in [1.165, 1.54) is 0 Å². The maximum absolute atomic E-state index is 12.3. The van der Waals surface area contributed by atoms with E-state index in [4.69, 9.17) is 11.6 Å². The number of likely N-dealkylation sites (tertiary alicyclic amines) is 1. The summed E-state index contributed by atoms with van der Waals surface area (Å²) in [7, 11) is 1.92. The lowest BCUT2D eigenvalue weighted by Gasteiger charge is -2.17. The van der Waals surface area contributed by atoms with Crippen LogP contribution in [0.25, 0.3) is 0 Å². The van der Waals surface area contributed by atoms with E-state index in [9.17, 15) is 4.79 Å². The zero-order valence-electron chi connectivity index (χ0n) is 9.95. The number of carbonyl (C=O) groups excluding carboxylic acids is 1. The molecule has 3 nitrogen and oxygen atoms in total. The third-order valence-electron chi connectivity index (χ3n) is 3.04. The summed E-state index contributed by atoms with van der Waals surface area (Å²) in [4.78, 5) is 14.1. The van der Waals surface area contributed by atoms with Crippen molar-refractivity contribution in [2.24, 2.45) is 0 Å². The van der Waals surface area contributed by atoms with Crippen molar-refractivity contribution in [2.75, 3.05) is 20.1 Å². The minimum atomic E-state index is 0. The van der Waals surface area contributed by atoms with Gasteiger partial charge in [-0.05, 0) is 47.6 Å². The highest BCUT2D eigenvalue weighted by Crippen LogP contribution is 2.24. The summed E-state index contributed by atoms with van der Waals surface area (Å²) in [5.41, 5.74) is 0.634. The Hall–Kier alpha value is -0.290. The highest BCUT2D eigenvalue weighted by atomic mass is 79.9. The van der Waals surface area contributed by atoms with Crippen LogP contribution in [0.3, 0.4) is 0 Å². The average Bonchev–Trinajstić information content (AvgIpc) is 2.80. The number of amides is 1. The smallest absolute Gasteiger partial charge is 0.255 e. The lowest BCUT2D eigenvalue weighted by atomic mass is 10.2. The van der Waals surface area contributed by atoms with Crippen molar-refractivity contribution in [3.05, 3.63) is 33.3 Å². The minimum Gasteiger partial charge on any atom is -0.337 e. The molecule has 1 saturated heterocycles. The molecule has 1 atom stereocenters. The predicted octanol–water partition coefficient (Wildman–Crippen LogP) is 2.96. The summed E-state index contributed by atoms with van der Waals surface area (Å²) >= 11 is 9.31. The molecule has 1 fully saturated rings. The Kier molecular flexibility index (Phi) is 5.92. The van der Waals surface area contributed by atoms with E-state index in [0.717, 1.165) is 24.0 Å². The molecule has 0 aliphatic carbocycles. The predicted molar refractivity (Wildman–Crippen MR) is 79.8 cm³/mol. The van der Waals surface area contributed by atoms with Crippen LogP contribution in [0, 0.1) is 0 Å². The molecule has 0 saturated carbocycles. The van der Waals surface area contributed by atoms with Crippen LogP contribution in [0.4, 0.5) is 0 Å². The fraction of sp³-hybridized carbons (Fsp3) is 0.417. The van der Waals surface area contributed by atoms with Gasteiger partial charge in [0.25, 0.3) is 5.91 Å². The van der Waals surface area contributed by atoms with E-state index in [-0.39, 0.29) is 18.3 Å². The summed E-state index contributed by atoms with van der Waals surface area (Å²) in [5.74, 6) is 0.0390. The summed E-state index contributed by atoms with van der Waals surface area (Å²) in [5, 5.41) is 3.78. The minimum absolute atomic E-state index is 0. The summed E-state index contributed by atoms with van der Waals surface area (Å²) in [6.45, 7) is 1.55. The van der Waals surface area contributed by atoms with Gasteiger partial charge in [-0.25, -0.2) is 0 Å². The molecule has 6 heteroatoms. The van der Waals surface area contributed by atoms with Crippen molar-refractivity contribution in [2.45, 2.75) is 12.5 Å². The van der Waals surface area contributed by atoms with Gasteiger partial charge in [0, 0.05) is 28.6 Å². The number of rotatable bonds is 2. The topological polar surface area (TPSA) is 32.3 Å². The molecule has 0 bridgehead atoms. The van der Waals surface area contributed by atoms with E-state index >= 15 is 0 Å². The van der Waals surface area contributed by atoms with Gasteiger partial charge in [-0.3, -0.25) is 4.79 Å². The number of hydrogen-bond donors (Lipinski definition) is 1. The van der Waals surface area contributed by atoms with Crippen LogP contribution < -0.4 is 5.32 Å². The molecule has 2 rings (SSSR count). The fourth-order valence-corrected chi connectivity index (χ4v) is 2.60. The molecular weight excluding hydrogens is 339 g/mol. The Labute approximate surface area is 126 Å². The van der Waals surface area contributed by atoms with Crippen LogP contribution >= 0.6 is 39.9 Å². The van der Waals surface area contributed by atoms with Crippen molar-refractivity contribution in [1.82, 2.24) is 10.2 Å². The summed E-state index contributed by atoms with van der Waals surface area (Å²) in [6, 6.07) is 5.68. The van der Waals surface area contributed by atoms with Crippen LogP contribution in [0.15, 0.2) is 22.7 Å².